The average Bonchev–Trinajstić information content (AvgIpc) is 2.18. The molecular weight excluding hydrogens is 225 g/mol. The van der Waals surface area contributed by atoms with E-state index in [1.807, 2.05) is 13.0 Å². The van der Waals surface area contributed by atoms with Crippen LogP contribution in [-0.4, -0.2) is 12.1 Å². The molecule has 1 aliphatic carbocycles. The first kappa shape index (κ1) is 13.5. The molecule has 0 spiro atoms. The molecule has 2 heteroatoms. The molecule has 1 nitrogen and oxygen atoms in total. The van der Waals surface area contributed by atoms with E-state index in [0.29, 0.717) is 11.8 Å². The Hall–Kier alpha value is -0.890. The Morgan fingerprint density at radius 3 is 2.50 bits per heavy atom. The lowest BCUT2D eigenvalue weighted by molar-refractivity contribution is 0.225. The van der Waals surface area contributed by atoms with Crippen LogP contribution in [0.5, 0.6) is 0 Å². The summed E-state index contributed by atoms with van der Waals surface area (Å²) in [7, 11) is 0. The van der Waals surface area contributed by atoms with E-state index in [2.05, 4.69) is 26.1 Å². The molecule has 1 N–H and O–H groups in total. The predicted molar refractivity (Wildman–Crippen MR) is 74.4 cm³/mol. The quantitative estimate of drug-likeness (QED) is 0.853. The van der Waals surface area contributed by atoms with Gasteiger partial charge in [0.25, 0.3) is 0 Å². The largest absolute Gasteiger partial charge is 0.312 e. The third-order valence-electron chi connectivity index (χ3n) is 3.94. The lowest BCUT2D eigenvalue weighted by atomic mass is 9.69. The number of rotatable bonds is 3. The fourth-order valence-corrected chi connectivity index (χ4v) is 2.72. The minimum atomic E-state index is -0.125. The average molecular weight is 249 g/mol. The zero-order valence-electron chi connectivity index (χ0n) is 11.9. The van der Waals surface area contributed by atoms with Crippen LogP contribution in [0.3, 0.4) is 0 Å². The Morgan fingerprint density at radius 2 is 2.00 bits per heavy atom. The maximum absolute atomic E-state index is 13.1. The van der Waals surface area contributed by atoms with Gasteiger partial charge in [-0.15, -0.1) is 0 Å². The molecule has 2 rings (SSSR count). The van der Waals surface area contributed by atoms with Crippen LogP contribution in [0.1, 0.15) is 50.7 Å². The van der Waals surface area contributed by atoms with Crippen LogP contribution in [-0.2, 0) is 0 Å². The molecule has 0 aliphatic heterocycles. The zero-order valence-corrected chi connectivity index (χ0v) is 11.9. The summed E-state index contributed by atoms with van der Waals surface area (Å²) in [6, 6.07) is 5.22. The summed E-state index contributed by atoms with van der Waals surface area (Å²) in [5.41, 5.74) is 2.61. The van der Waals surface area contributed by atoms with Gasteiger partial charge in [-0.25, -0.2) is 4.39 Å². The van der Waals surface area contributed by atoms with Crippen molar-refractivity contribution in [3.63, 3.8) is 0 Å². The summed E-state index contributed by atoms with van der Waals surface area (Å²) in [4.78, 5) is 0. The van der Waals surface area contributed by atoms with E-state index in [1.165, 1.54) is 18.4 Å². The molecule has 1 aromatic carbocycles. The Labute approximate surface area is 110 Å². The maximum atomic E-state index is 13.1. The molecule has 1 fully saturated rings. The highest BCUT2D eigenvalue weighted by atomic mass is 19.1. The van der Waals surface area contributed by atoms with Crippen LogP contribution in [0.2, 0.25) is 0 Å². The Bertz CT molecular complexity index is 420. The van der Waals surface area contributed by atoms with Crippen molar-refractivity contribution >= 4 is 0 Å². The van der Waals surface area contributed by atoms with Gasteiger partial charge >= 0.3 is 0 Å². The van der Waals surface area contributed by atoms with E-state index in [-0.39, 0.29) is 11.4 Å². The summed E-state index contributed by atoms with van der Waals surface area (Å²) >= 11 is 0. The highest BCUT2D eigenvalue weighted by molar-refractivity contribution is 5.32. The first-order valence-electron chi connectivity index (χ1n) is 6.88. The lowest BCUT2D eigenvalue weighted by Crippen LogP contribution is -2.43. The predicted octanol–water partition coefficient (Wildman–Crippen LogP) is 4.02. The molecular formula is C16H24FN. The second-order valence-corrected chi connectivity index (χ2v) is 6.58. The standard InChI is InChI=1S/C16H24FN/c1-11-9-13(17)6-8-14(11)15-7-5-12(15)10-18-16(2,3)4/h6,8-9,12,15,18H,5,7,10H2,1-4H3. The topological polar surface area (TPSA) is 12.0 Å². The van der Waals surface area contributed by atoms with Gasteiger partial charge in [0.15, 0.2) is 0 Å². The van der Waals surface area contributed by atoms with Crippen LogP contribution < -0.4 is 5.32 Å². The molecule has 0 saturated heterocycles. The highest BCUT2D eigenvalue weighted by Gasteiger charge is 2.33. The summed E-state index contributed by atoms with van der Waals surface area (Å²) < 4.78 is 13.1. The second-order valence-electron chi connectivity index (χ2n) is 6.58. The van der Waals surface area contributed by atoms with Crippen molar-refractivity contribution < 1.29 is 4.39 Å². The first-order chi connectivity index (χ1) is 8.37. The van der Waals surface area contributed by atoms with Gasteiger partial charge < -0.3 is 5.32 Å². The molecule has 0 bridgehead atoms. The van der Waals surface area contributed by atoms with Gasteiger partial charge in [-0.2, -0.15) is 0 Å². The minimum Gasteiger partial charge on any atom is -0.312 e. The molecule has 1 aliphatic rings. The molecule has 1 aromatic rings. The van der Waals surface area contributed by atoms with Crippen molar-refractivity contribution in [2.24, 2.45) is 5.92 Å². The summed E-state index contributed by atoms with van der Waals surface area (Å²) in [5.74, 6) is 1.19. The number of hydrogen-bond acceptors (Lipinski definition) is 1. The van der Waals surface area contributed by atoms with E-state index in [1.54, 1.807) is 12.1 Å². The molecule has 0 amide bonds. The Balaban J connectivity index is 2.01. The molecule has 0 heterocycles. The smallest absolute Gasteiger partial charge is 0.123 e. The SMILES string of the molecule is Cc1cc(F)ccc1C1CCC1CNC(C)(C)C. The van der Waals surface area contributed by atoms with Crippen molar-refractivity contribution in [2.75, 3.05) is 6.54 Å². The monoisotopic (exact) mass is 249 g/mol. The van der Waals surface area contributed by atoms with Gasteiger partial charge in [0, 0.05) is 5.54 Å². The third kappa shape index (κ3) is 3.11. The van der Waals surface area contributed by atoms with Gasteiger partial charge in [0.05, 0.1) is 0 Å². The highest BCUT2D eigenvalue weighted by Crippen LogP contribution is 2.43. The van der Waals surface area contributed by atoms with E-state index < -0.39 is 0 Å². The van der Waals surface area contributed by atoms with E-state index >= 15 is 0 Å². The van der Waals surface area contributed by atoms with Gasteiger partial charge in [-0.05, 0) is 82.2 Å². The molecule has 18 heavy (non-hydrogen) atoms. The van der Waals surface area contributed by atoms with Crippen LogP contribution in [0, 0.1) is 18.7 Å². The zero-order chi connectivity index (χ0) is 13.3. The fraction of sp³-hybridized carbons (Fsp3) is 0.625. The first-order valence-corrected chi connectivity index (χ1v) is 6.88. The third-order valence-corrected chi connectivity index (χ3v) is 3.94. The van der Waals surface area contributed by atoms with Gasteiger partial charge in [0.1, 0.15) is 5.82 Å². The normalized spacial score (nSPS) is 23.8. The van der Waals surface area contributed by atoms with Gasteiger partial charge in [-0.3, -0.25) is 0 Å². The molecule has 0 radical (unpaired) electrons. The summed E-state index contributed by atoms with van der Waals surface area (Å²) in [5, 5.41) is 3.58. The minimum absolute atomic E-state index is 0.125. The summed E-state index contributed by atoms with van der Waals surface area (Å²) in [6.45, 7) is 9.67. The van der Waals surface area contributed by atoms with E-state index in [4.69, 9.17) is 0 Å². The molecule has 2 atom stereocenters. The number of halogens is 1. The van der Waals surface area contributed by atoms with E-state index in [9.17, 15) is 4.39 Å². The number of nitrogens with one attached hydrogen (secondary N) is 1. The number of aryl methyl sites for hydroxylation is 1. The Kier molecular flexibility index (Phi) is 3.76. The molecule has 0 aromatic heterocycles. The second kappa shape index (κ2) is 5.00. The van der Waals surface area contributed by atoms with Crippen LogP contribution in [0.15, 0.2) is 18.2 Å². The van der Waals surface area contributed by atoms with Crippen molar-refractivity contribution in [1.29, 1.82) is 0 Å². The van der Waals surface area contributed by atoms with Crippen LogP contribution in [0.25, 0.3) is 0 Å². The number of hydrogen-bond donors (Lipinski definition) is 1. The van der Waals surface area contributed by atoms with Gasteiger partial charge in [-0.1, -0.05) is 6.07 Å². The van der Waals surface area contributed by atoms with Crippen LogP contribution in [0.4, 0.5) is 4.39 Å². The maximum Gasteiger partial charge on any atom is 0.123 e. The van der Waals surface area contributed by atoms with Crippen molar-refractivity contribution in [2.45, 2.75) is 52.0 Å². The lowest BCUT2D eigenvalue weighted by Gasteiger charge is -2.39. The van der Waals surface area contributed by atoms with Crippen molar-refractivity contribution in [1.82, 2.24) is 5.32 Å². The van der Waals surface area contributed by atoms with Crippen molar-refractivity contribution in [3.8, 4) is 0 Å². The molecule has 100 valence electrons. The van der Waals surface area contributed by atoms with Crippen LogP contribution >= 0.6 is 0 Å². The van der Waals surface area contributed by atoms with Gasteiger partial charge in [0.2, 0.25) is 0 Å². The number of benzene rings is 1. The Morgan fingerprint density at radius 1 is 1.28 bits per heavy atom. The summed E-state index contributed by atoms with van der Waals surface area (Å²) in [6.07, 6.45) is 2.52. The molecule has 1 saturated carbocycles. The fourth-order valence-electron chi connectivity index (χ4n) is 2.72. The van der Waals surface area contributed by atoms with Crippen molar-refractivity contribution in [3.05, 3.63) is 35.1 Å². The molecule has 2 unspecified atom stereocenters. The van der Waals surface area contributed by atoms with E-state index in [0.717, 1.165) is 12.1 Å².